The summed E-state index contributed by atoms with van der Waals surface area (Å²) in [5.74, 6) is -0.866. The molecular formula is C27H31FN6O2. The number of piperidine rings is 1. The van der Waals surface area contributed by atoms with Gasteiger partial charge in [0, 0.05) is 23.8 Å². The predicted octanol–water partition coefficient (Wildman–Crippen LogP) is 3.23. The molecule has 0 radical (unpaired) electrons. The van der Waals surface area contributed by atoms with E-state index >= 15 is 0 Å². The van der Waals surface area contributed by atoms with E-state index in [9.17, 15) is 9.18 Å². The third-order valence-electron chi connectivity index (χ3n) is 7.35. The number of aryl methyl sites for hydroxylation is 1. The van der Waals surface area contributed by atoms with E-state index in [0.29, 0.717) is 12.1 Å². The van der Waals surface area contributed by atoms with Crippen molar-refractivity contribution in [1.82, 2.24) is 25.4 Å². The van der Waals surface area contributed by atoms with E-state index in [1.54, 1.807) is 23.1 Å². The van der Waals surface area contributed by atoms with E-state index < -0.39 is 5.82 Å². The number of nitrogens with zero attached hydrogens (tertiary/aromatic N) is 4. The van der Waals surface area contributed by atoms with Crippen molar-refractivity contribution in [3.8, 4) is 16.8 Å². The Morgan fingerprint density at radius 1 is 1.11 bits per heavy atom. The van der Waals surface area contributed by atoms with Gasteiger partial charge in [-0.1, -0.05) is 0 Å². The third kappa shape index (κ3) is 4.60. The van der Waals surface area contributed by atoms with Crippen LogP contribution in [-0.4, -0.2) is 65.1 Å². The van der Waals surface area contributed by atoms with Crippen molar-refractivity contribution in [3.63, 3.8) is 0 Å². The minimum atomic E-state index is -0.503. The van der Waals surface area contributed by atoms with E-state index in [1.165, 1.54) is 6.07 Å². The number of carbonyl (C=O) groups is 1. The Hall–Kier alpha value is -3.30. The summed E-state index contributed by atoms with van der Waals surface area (Å²) in [7, 11) is 0. The fourth-order valence-corrected chi connectivity index (χ4v) is 5.12. The maximum atomic E-state index is 14.6. The van der Waals surface area contributed by atoms with Gasteiger partial charge in [0.2, 0.25) is 0 Å². The standard InChI is InChI=1S/C27H31FN6O2/c1-17-8-26(28)25(27(35)32-19-2-3-19)10-24(17)18-11-31-33(14-18)21-9-22(13-30-12-21)34(23-15-36-16-23)20-4-6-29-7-5-20/h8-14,19-20,23,29H,2-7,15-16H2,1H3,(H,32,35). The fraction of sp³-hybridized carbons (Fsp3) is 0.444. The third-order valence-corrected chi connectivity index (χ3v) is 7.35. The number of carbonyl (C=O) groups excluding carboxylic acids is 1. The molecule has 0 bridgehead atoms. The zero-order valence-electron chi connectivity index (χ0n) is 20.4. The van der Waals surface area contributed by atoms with Gasteiger partial charge >= 0.3 is 0 Å². The van der Waals surface area contributed by atoms with Crippen molar-refractivity contribution in [2.24, 2.45) is 0 Å². The Morgan fingerprint density at radius 3 is 2.64 bits per heavy atom. The van der Waals surface area contributed by atoms with Gasteiger partial charge in [0.15, 0.2) is 0 Å². The number of halogens is 1. The van der Waals surface area contributed by atoms with Crippen LogP contribution in [-0.2, 0) is 4.74 Å². The molecule has 2 aromatic heterocycles. The maximum Gasteiger partial charge on any atom is 0.254 e. The number of hydrogen-bond donors (Lipinski definition) is 2. The number of anilines is 1. The van der Waals surface area contributed by atoms with Crippen molar-refractivity contribution in [2.75, 3.05) is 31.2 Å². The normalized spacial score (nSPS) is 18.6. The molecule has 3 aromatic rings. The molecule has 4 heterocycles. The Labute approximate surface area is 209 Å². The molecule has 3 fully saturated rings. The number of hydrogen-bond acceptors (Lipinski definition) is 6. The lowest BCUT2D eigenvalue weighted by molar-refractivity contribution is 0.00363. The van der Waals surface area contributed by atoms with E-state index in [1.807, 2.05) is 19.3 Å². The van der Waals surface area contributed by atoms with Crippen LogP contribution < -0.4 is 15.5 Å². The molecular weight excluding hydrogens is 459 g/mol. The van der Waals surface area contributed by atoms with Crippen LogP contribution in [0.5, 0.6) is 0 Å². The quantitative estimate of drug-likeness (QED) is 0.529. The summed E-state index contributed by atoms with van der Waals surface area (Å²) in [6, 6.07) is 6.16. The molecule has 0 atom stereocenters. The van der Waals surface area contributed by atoms with Gasteiger partial charge in [-0.2, -0.15) is 5.10 Å². The molecule has 6 rings (SSSR count). The minimum absolute atomic E-state index is 0.0687. The Bertz CT molecular complexity index is 1260. The van der Waals surface area contributed by atoms with Crippen LogP contribution in [0.1, 0.15) is 41.6 Å². The highest BCUT2D eigenvalue weighted by Crippen LogP contribution is 2.30. The van der Waals surface area contributed by atoms with Gasteiger partial charge in [-0.25, -0.2) is 9.07 Å². The molecule has 0 unspecified atom stereocenters. The summed E-state index contributed by atoms with van der Waals surface area (Å²) in [5.41, 5.74) is 4.35. The predicted molar refractivity (Wildman–Crippen MR) is 135 cm³/mol. The number of aromatic nitrogens is 3. The average molecular weight is 491 g/mol. The zero-order chi connectivity index (χ0) is 24.6. The van der Waals surface area contributed by atoms with Crippen LogP contribution >= 0.6 is 0 Å². The highest BCUT2D eigenvalue weighted by atomic mass is 19.1. The summed E-state index contributed by atoms with van der Waals surface area (Å²) < 4.78 is 21.9. The first-order chi connectivity index (χ1) is 17.6. The highest BCUT2D eigenvalue weighted by Gasteiger charge is 2.33. The summed E-state index contributed by atoms with van der Waals surface area (Å²) >= 11 is 0. The van der Waals surface area contributed by atoms with Crippen molar-refractivity contribution >= 4 is 11.6 Å². The van der Waals surface area contributed by atoms with Crippen LogP contribution in [0.25, 0.3) is 16.8 Å². The van der Waals surface area contributed by atoms with Crippen molar-refractivity contribution in [1.29, 1.82) is 0 Å². The second-order valence-electron chi connectivity index (χ2n) is 10.0. The Kier molecular flexibility index (Phi) is 6.18. The summed E-state index contributed by atoms with van der Waals surface area (Å²) in [6.07, 6.45) is 11.5. The van der Waals surface area contributed by atoms with E-state index in [-0.39, 0.29) is 17.5 Å². The van der Waals surface area contributed by atoms with E-state index in [0.717, 1.165) is 80.1 Å². The van der Waals surface area contributed by atoms with Crippen LogP contribution in [0.4, 0.5) is 10.1 Å². The van der Waals surface area contributed by atoms with Crippen LogP contribution in [0.15, 0.2) is 43.0 Å². The van der Waals surface area contributed by atoms with Gasteiger partial charge in [-0.05, 0) is 75.0 Å². The molecule has 1 amide bonds. The molecule has 2 aliphatic heterocycles. The molecule has 1 aromatic carbocycles. The van der Waals surface area contributed by atoms with Crippen molar-refractivity contribution in [3.05, 3.63) is 59.9 Å². The number of benzene rings is 1. The first-order valence-corrected chi connectivity index (χ1v) is 12.7. The van der Waals surface area contributed by atoms with Gasteiger partial charge in [-0.3, -0.25) is 9.78 Å². The van der Waals surface area contributed by atoms with Crippen LogP contribution in [0, 0.1) is 12.7 Å². The lowest BCUT2D eigenvalue weighted by Crippen LogP contribution is -2.56. The zero-order valence-corrected chi connectivity index (χ0v) is 20.4. The van der Waals surface area contributed by atoms with Crippen LogP contribution in [0.2, 0.25) is 0 Å². The van der Waals surface area contributed by atoms with E-state index in [4.69, 9.17) is 4.74 Å². The van der Waals surface area contributed by atoms with Gasteiger partial charge < -0.3 is 20.3 Å². The molecule has 9 heteroatoms. The SMILES string of the molecule is Cc1cc(F)c(C(=O)NC2CC2)cc1-c1cnn(-c2cncc(N(C3CCNCC3)C3COC3)c2)c1. The van der Waals surface area contributed by atoms with Crippen LogP contribution in [0.3, 0.4) is 0 Å². The number of rotatable bonds is 7. The Morgan fingerprint density at radius 2 is 1.92 bits per heavy atom. The number of ether oxygens (including phenoxy) is 1. The second kappa shape index (κ2) is 9.63. The highest BCUT2D eigenvalue weighted by molar-refractivity contribution is 5.96. The Balaban J connectivity index is 1.29. The minimum Gasteiger partial charge on any atom is -0.377 e. The topological polar surface area (TPSA) is 84.3 Å². The first-order valence-electron chi connectivity index (χ1n) is 12.7. The van der Waals surface area contributed by atoms with Gasteiger partial charge in [0.1, 0.15) is 5.82 Å². The molecule has 1 aliphatic carbocycles. The van der Waals surface area contributed by atoms with E-state index in [2.05, 4.69) is 31.7 Å². The summed E-state index contributed by atoms with van der Waals surface area (Å²) in [5, 5.41) is 10.9. The molecule has 3 aliphatic rings. The first kappa shape index (κ1) is 23.1. The molecule has 1 saturated carbocycles. The monoisotopic (exact) mass is 490 g/mol. The number of nitrogens with one attached hydrogen (secondary N) is 2. The molecule has 36 heavy (non-hydrogen) atoms. The molecule has 2 N–H and O–H groups in total. The fourth-order valence-electron chi connectivity index (χ4n) is 5.12. The van der Waals surface area contributed by atoms with Gasteiger partial charge in [0.05, 0.1) is 54.8 Å². The molecule has 8 nitrogen and oxygen atoms in total. The smallest absolute Gasteiger partial charge is 0.254 e. The maximum absolute atomic E-state index is 14.6. The number of pyridine rings is 1. The van der Waals surface area contributed by atoms with Gasteiger partial charge in [-0.15, -0.1) is 0 Å². The molecule has 188 valence electrons. The van der Waals surface area contributed by atoms with Crippen molar-refractivity contribution in [2.45, 2.75) is 50.7 Å². The lowest BCUT2D eigenvalue weighted by atomic mass is 9.99. The number of amides is 1. The van der Waals surface area contributed by atoms with Gasteiger partial charge in [0.25, 0.3) is 5.91 Å². The summed E-state index contributed by atoms with van der Waals surface area (Å²) in [4.78, 5) is 19.6. The largest absolute Gasteiger partial charge is 0.377 e. The molecule has 2 saturated heterocycles. The van der Waals surface area contributed by atoms with Crippen molar-refractivity contribution < 1.29 is 13.9 Å². The summed E-state index contributed by atoms with van der Waals surface area (Å²) in [6.45, 7) is 5.35. The second-order valence-corrected chi connectivity index (χ2v) is 10.0. The molecule has 0 spiro atoms. The lowest BCUT2D eigenvalue weighted by Gasteiger charge is -2.45. The average Bonchev–Trinajstić information content (AvgIpc) is 3.53.